The summed E-state index contributed by atoms with van der Waals surface area (Å²) in [7, 11) is -4.11. The Labute approximate surface area is 175 Å². The number of sulfone groups is 1. The smallest absolute Gasteiger partial charge is 0.413 e. The van der Waals surface area contributed by atoms with Crippen molar-refractivity contribution in [2.24, 2.45) is 4.99 Å². The first-order chi connectivity index (χ1) is 13.8. The molecule has 1 fully saturated rings. The SMILES string of the molecule is CC(C)(C)OC(=O)NC1=N[C@@]2(c3ccccc3F)COC(CO)[C@H]2S(=O)(=O)C1(C)C. The minimum absolute atomic E-state index is 0.0218. The average molecular weight is 443 g/mol. The van der Waals surface area contributed by atoms with E-state index in [2.05, 4.69) is 10.3 Å². The zero-order valence-electron chi connectivity index (χ0n) is 17.6. The van der Waals surface area contributed by atoms with Crippen LogP contribution in [0.3, 0.4) is 0 Å². The Morgan fingerprint density at radius 2 is 2.00 bits per heavy atom. The first-order valence-corrected chi connectivity index (χ1v) is 11.1. The number of carbonyl (C=O) groups excluding carboxylic acids is 1. The van der Waals surface area contributed by atoms with E-state index < -0.39 is 55.6 Å². The molecule has 166 valence electrons. The highest BCUT2D eigenvalue weighted by Crippen LogP contribution is 2.49. The Hall–Kier alpha value is -2.04. The predicted molar refractivity (Wildman–Crippen MR) is 108 cm³/mol. The van der Waals surface area contributed by atoms with E-state index in [1.165, 1.54) is 32.0 Å². The number of fused-ring (bicyclic) bond motifs is 1. The molecule has 0 saturated carbocycles. The second-order valence-corrected chi connectivity index (χ2v) is 11.6. The van der Waals surface area contributed by atoms with E-state index in [9.17, 15) is 22.7 Å². The molecule has 10 heteroatoms. The van der Waals surface area contributed by atoms with Crippen LogP contribution in [0.5, 0.6) is 0 Å². The van der Waals surface area contributed by atoms with Gasteiger partial charge in [0.15, 0.2) is 9.84 Å². The average Bonchev–Trinajstić information content (AvgIpc) is 2.99. The molecule has 3 rings (SSSR count). The molecule has 0 aromatic heterocycles. The molecule has 2 aliphatic rings. The van der Waals surface area contributed by atoms with Gasteiger partial charge in [-0.3, -0.25) is 10.3 Å². The highest BCUT2D eigenvalue weighted by atomic mass is 32.2. The van der Waals surface area contributed by atoms with Crippen LogP contribution < -0.4 is 5.32 Å². The number of ether oxygens (including phenoxy) is 2. The van der Waals surface area contributed by atoms with E-state index in [1.54, 1.807) is 26.8 Å². The summed E-state index contributed by atoms with van der Waals surface area (Å²) in [5, 5.41) is 10.9. The highest BCUT2D eigenvalue weighted by molar-refractivity contribution is 7.94. The van der Waals surface area contributed by atoms with E-state index in [0.717, 1.165) is 0 Å². The number of hydrogen-bond donors (Lipinski definition) is 2. The number of aliphatic imine (C=N–C) groups is 1. The second-order valence-electron chi connectivity index (χ2n) is 9.00. The number of aliphatic hydroxyl groups excluding tert-OH is 1. The lowest BCUT2D eigenvalue weighted by Crippen LogP contribution is -2.64. The third-order valence-corrected chi connectivity index (χ3v) is 8.37. The number of alkyl carbamates (subject to hydrolysis) is 1. The van der Waals surface area contributed by atoms with Gasteiger partial charge in [0.1, 0.15) is 38.9 Å². The molecule has 1 aromatic carbocycles. The van der Waals surface area contributed by atoms with Gasteiger partial charge in [0.2, 0.25) is 0 Å². The van der Waals surface area contributed by atoms with Crippen LogP contribution in [-0.4, -0.2) is 60.4 Å². The largest absolute Gasteiger partial charge is 0.444 e. The van der Waals surface area contributed by atoms with Gasteiger partial charge < -0.3 is 14.6 Å². The van der Waals surface area contributed by atoms with Gasteiger partial charge in [-0.1, -0.05) is 18.2 Å². The molecule has 2 heterocycles. The molecular formula is C20H27FN2O6S. The van der Waals surface area contributed by atoms with Gasteiger partial charge in [-0.2, -0.15) is 0 Å². The van der Waals surface area contributed by atoms with Gasteiger partial charge in [0, 0.05) is 5.56 Å². The van der Waals surface area contributed by atoms with Crippen LogP contribution in [0, 0.1) is 5.82 Å². The molecule has 1 saturated heterocycles. The fraction of sp³-hybridized carbons (Fsp3) is 0.600. The number of aliphatic hydroxyl groups is 1. The third-order valence-electron chi connectivity index (χ3n) is 5.39. The highest BCUT2D eigenvalue weighted by Gasteiger charge is 2.65. The van der Waals surface area contributed by atoms with Gasteiger partial charge in [0.05, 0.1) is 13.2 Å². The number of benzene rings is 1. The Balaban J connectivity index is 2.22. The normalized spacial score (nSPS) is 29.6. The molecule has 0 radical (unpaired) electrons. The molecule has 1 aromatic rings. The molecule has 1 unspecified atom stereocenters. The molecule has 0 spiro atoms. The van der Waals surface area contributed by atoms with Crippen molar-refractivity contribution in [1.29, 1.82) is 0 Å². The van der Waals surface area contributed by atoms with Crippen molar-refractivity contribution in [2.45, 2.75) is 61.9 Å². The first-order valence-electron chi connectivity index (χ1n) is 9.57. The Bertz CT molecular complexity index is 985. The maximum atomic E-state index is 14.8. The fourth-order valence-electron chi connectivity index (χ4n) is 3.88. The monoisotopic (exact) mass is 442 g/mol. The lowest BCUT2D eigenvalue weighted by atomic mass is 9.86. The summed E-state index contributed by atoms with van der Waals surface area (Å²) in [5.41, 5.74) is -2.45. The van der Waals surface area contributed by atoms with Gasteiger partial charge in [-0.05, 0) is 40.7 Å². The number of hydrogen-bond acceptors (Lipinski definition) is 7. The summed E-state index contributed by atoms with van der Waals surface area (Å²) in [6, 6.07) is 5.69. The predicted octanol–water partition coefficient (Wildman–Crippen LogP) is 1.91. The zero-order valence-corrected chi connectivity index (χ0v) is 18.4. The lowest BCUT2D eigenvalue weighted by molar-refractivity contribution is 0.0559. The van der Waals surface area contributed by atoms with Gasteiger partial charge in [-0.15, -0.1) is 0 Å². The van der Waals surface area contributed by atoms with Crippen molar-refractivity contribution >= 4 is 21.8 Å². The molecular weight excluding hydrogens is 415 g/mol. The van der Waals surface area contributed by atoms with Crippen molar-refractivity contribution < 1.29 is 32.2 Å². The third kappa shape index (κ3) is 3.50. The summed E-state index contributed by atoms with van der Waals surface area (Å²) in [4.78, 5) is 17.0. The standard InChI is InChI=1S/C20H27FN2O6S/c1-18(2,3)29-17(25)22-16-19(4,5)30(26,27)15-14(10-24)28-11-20(15,23-16)12-8-6-7-9-13(12)21/h6-9,14-15,24H,10-11H2,1-5H3,(H,22,23,25)/t14?,15-,20-/m1/s1. The van der Waals surface area contributed by atoms with Crippen LogP contribution in [0.4, 0.5) is 9.18 Å². The zero-order chi connectivity index (χ0) is 22.5. The van der Waals surface area contributed by atoms with Crippen LogP contribution in [0.1, 0.15) is 40.2 Å². The van der Waals surface area contributed by atoms with Crippen LogP contribution >= 0.6 is 0 Å². The molecule has 1 amide bonds. The van der Waals surface area contributed by atoms with Crippen LogP contribution in [0.2, 0.25) is 0 Å². The topological polar surface area (TPSA) is 114 Å². The van der Waals surface area contributed by atoms with Crippen molar-refractivity contribution in [3.63, 3.8) is 0 Å². The first kappa shape index (κ1) is 22.6. The second kappa shape index (κ2) is 7.28. The maximum Gasteiger partial charge on any atom is 0.413 e. The quantitative estimate of drug-likeness (QED) is 0.723. The summed E-state index contributed by atoms with van der Waals surface area (Å²) in [6.45, 7) is 6.98. The number of nitrogens with zero attached hydrogens (tertiary/aromatic N) is 1. The number of halogens is 1. The van der Waals surface area contributed by atoms with E-state index in [1.807, 2.05) is 0 Å². The lowest BCUT2D eigenvalue weighted by Gasteiger charge is -2.43. The summed E-state index contributed by atoms with van der Waals surface area (Å²) < 4.78 is 51.3. The minimum Gasteiger partial charge on any atom is -0.444 e. The maximum absolute atomic E-state index is 14.8. The number of nitrogens with one attached hydrogen (secondary N) is 1. The summed E-state index contributed by atoms with van der Waals surface area (Å²) >= 11 is 0. The van der Waals surface area contributed by atoms with Crippen molar-refractivity contribution in [3.8, 4) is 0 Å². The summed E-state index contributed by atoms with van der Waals surface area (Å²) in [6.07, 6.45) is -1.95. The van der Waals surface area contributed by atoms with E-state index in [0.29, 0.717) is 0 Å². The molecule has 0 bridgehead atoms. The molecule has 2 aliphatic heterocycles. The van der Waals surface area contributed by atoms with Crippen LogP contribution in [0.25, 0.3) is 0 Å². The fourth-order valence-corrected chi connectivity index (χ4v) is 6.21. The Kier molecular flexibility index (Phi) is 5.49. The van der Waals surface area contributed by atoms with Crippen molar-refractivity contribution in [3.05, 3.63) is 35.6 Å². The molecule has 8 nitrogen and oxygen atoms in total. The Morgan fingerprint density at radius 3 is 2.57 bits per heavy atom. The number of rotatable bonds is 2. The van der Waals surface area contributed by atoms with Crippen molar-refractivity contribution in [1.82, 2.24) is 5.32 Å². The van der Waals surface area contributed by atoms with Crippen LogP contribution in [-0.2, 0) is 24.8 Å². The number of amidine groups is 1. The van der Waals surface area contributed by atoms with E-state index in [4.69, 9.17) is 9.47 Å². The van der Waals surface area contributed by atoms with Gasteiger partial charge in [-0.25, -0.2) is 17.6 Å². The van der Waals surface area contributed by atoms with E-state index in [-0.39, 0.29) is 18.0 Å². The number of carbonyl (C=O) groups is 1. The molecule has 30 heavy (non-hydrogen) atoms. The van der Waals surface area contributed by atoms with E-state index >= 15 is 0 Å². The molecule has 0 aliphatic carbocycles. The molecule has 3 atom stereocenters. The number of amides is 1. The Morgan fingerprint density at radius 1 is 1.37 bits per heavy atom. The minimum atomic E-state index is -4.11. The summed E-state index contributed by atoms with van der Waals surface area (Å²) in [5.74, 6) is -0.821. The van der Waals surface area contributed by atoms with Gasteiger partial charge >= 0.3 is 6.09 Å². The van der Waals surface area contributed by atoms with Crippen LogP contribution in [0.15, 0.2) is 29.3 Å². The van der Waals surface area contributed by atoms with Crippen molar-refractivity contribution in [2.75, 3.05) is 13.2 Å². The van der Waals surface area contributed by atoms with Gasteiger partial charge in [0.25, 0.3) is 0 Å². The molecule has 2 N–H and O–H groups in total.